The summed E-state index contributed by atoms with van der Waals surface area (Å²) in [7, 11) is 0. The minimum Gasteiger partial charge on any atom is -0.228 e. The molecule has 0 spiro atoms. The van der Waals surface area contributed by atoms with E-state index < -0.39 is 0 Å². The van der Waals surface area contributed by atoms with Crippen LogP contribution in [0.5, 0.6) is 0 Å². The van der Waals surface area contributed by atoms with Gasteiger partial charge in [0, 0.05) is 0 Å². The Morgan fingerprint density at radius 2 is 0.944 bits per heavy atom. The van der Waals surface area contributed by atoms with Crippen molar-refractivity contribution in [2.75, 3.05) is 0 Å². The van der Waals surface area contributed by atoms with Crippen molar-refractivity contribution in [2.24, 2.45) is 11.8 Å². The third-order valence-corrected chi connectivity index (χ3v) is 5.00. The van der Waals surface area contributed by atoms with Gasteiger partial charge in [-0.05, 0) is 37.5 Å². The average molecular weight is 250 g/mol. The summed E-state index contributed by atoms with van der Waals surface area (Å²) in [4.78, 5) is 11.4. The van der Waals surface area contributed by atoms with E-state index in [4.69, 9.17) is 9.78 Å². The Balaban J connectivity index is 1.53. The van der Waals surface area contributed by atoms with E-state index in [2.05, 4.69) is 12.2 Å². The first-order valence-electron chi connectivity index (χ1n) is 7.94. The van der Waals surface area contributed by atoms with E-state index in [1.54, 1.807) is 0 Å². The zero-order valence-electron chi connectivity index (χ0n) is 11.4. The Hall–Kier alpha value is -0.340. The van der Waals surface area contributed by atoms with Crippen molar-refractivity contribution in [1.82, 2.24) is 0 Å². The normalized spacial score (nSPS) is 35.8. The van der Waals surface area contributed by atoms with Gasteiger partial charge in [-0.2, -0.15) is 0 Å². The van der Waals surface area contributed by atoms with Gasteiger partial charge in [-0.25, -0.2) is 9.78 Å². The Morgan fingerprint density at radius 3 is 1.28 bits per heavy atom. The lowest BCUT2D eigenvalue weighted by Crippen LogP contribution is -2.34. The van der Waals surface area contributed by atoms with Crippen LogP contribution in [0, 0.1) is 11.8 Å². The van der Waals surface area contributed by atoms with Crippen molar-refractivity contribution in [2.45, 2.75) is 76.4 Å². The van der Waals surface area contributed by atoms with Crippen LogP contribution in [0.2, 0.25) is 0 Å². The monoisotopic (exact) mass is 250 g/mol. The number of rotatable bonds is 2. The molecule has 0 saturated heterocycles. The molecule has 0 radical (unpaired) electrons. The summed E-state index contributed by atoms with van der Waals surface area (Å²) in [5.41, 5.74) is 0. The second-order valence-corrected chi connectivity index (χ2v) is 6.30. The van der Waals surface area contributed by atoms with E-state index in [9.17, 15) is 0 Å². The van der Waals surface area contributed by atoms with Crippen LogP contribution in [0.25, 0.3) is 0 Å². The lowest BCUT2D eigenvalue weighted by Gasteiger charge is -2.34. The molecule has 1 heterocycles. The van der Waals surface area contributed by atoms with Crippen LogP contribution in [0.1, 0.15) is 64.2 Å². The Bertz CT molecular complexity index is 247. The smallest absolute Gasteiger partial charge is 0.114 e. The van der Waals surface area contributed by atoms with Gasteiger partial charge in [0.25, 0.3) is 0 Å². The van der Waals surface area contributed by atoms with E-state index in [-0.39, 0.29) is 12.2 Å². The average Bonchev–Trinajstić information content (AvgIpc) is 2.49. The lowest BCUT2D eigenvalue weighted by atomic mass is 9.83. The predicted octanol–water partition coefficient (Wildman–Crippen LogP) is 4.40. The molecular weight excluding hydrogens is 224 g/mol. The Kier molecular flexibility index (Phi) is 4.37. The molecule has 2 aliphatic carbocycles. The van der Waals surface area contributed by atoms with E-state index in [1.165, 1.54) is 64.2 Å². The summed E-state index contributed by atoms with van der Waals surface area (Å²) >= 11 is 0. The van der Waals surface area contributed by atoms with E-state index >= 15 is 0 Å². The predicted molar refractivity (Wildman–Crippen MR) is 72.0 cm³/mol. The van der Waals surface area contributed by atoms with Crippen LogP contribution in [0.3, 0.4) is 0 Å². The molecule has 2 heteroatoms. The highest BCUT2D eigenvalue weighted by Crippen LogP contribution is 2.34. The molecule has 18 heavy (non-hydrogen) atoms. The summed E-state index contributed by atoms with van der Waals surface area (Å²) in [6.45, 7) is 0. The van der Waals surface area contributed by atoms with Gasteiger partial charge < -0.3 is 0 Å². The van der Waals surface area contributed by atoms with Crippen molar-refractivity contribution < 1.29 is 9.78 Å². The quantitative estimate of drug-likeness (QED) is 0.534. The maximum Gasteiger partial charge on any atom is 0.114 e. The van der Waals surface area contributed by atoms with Crippen LogP contribution in [-0.4, -0.2) is 12.2 Å². The second-order valence-electron chi connectivity index (χ2n) is 6.30. The highest BCUT2D eigenvalue weighted by molar-refractivity contribution is 5.01. The molecule has 2 saturated carbocycles. The molecular formula is C16H26O2. The molecule has 3 aliphatic rings. The molecule has 2 fully saturated rings. The van der Waals surface area contributed by atoms with E-state index in [1.807, 2.05) is 0 Å². The van der Waals surface area contributed by atoms with Crippen LogP contribution in [0.15, 0.2) is 12.2 Å². The van der Waals surface area contributed by atoms with Crippen molar-refractivity contribution in [3.8, 4) is 0 Å². The fraction of sp³-hybridized carbons (Fsp3) is 0.875. The zero-order valence-corrected chi connectivity index (χ0v) is 11.4. The highest BCUT2D eigenvalue weighted by Gasteiger charge is 2.30. The summed E-state index contributed by atoms with van der Waals surface area (Å²) in [5.74, 6) is 1.39. The topological polar surface area (TPSA) is 18.5 Å². The molecule has 0 amide bonds. The van der Waals surface area contributed by atoms with Gasteiger partial charge >= 0.3 is 0 Å². The highest BCUT2D eigenvalue weighted by atomic mass is 17.2. The number of hydrogen-bond donors (Lipinski definition) is 0. The summed E-state index contributed by atoms with van der Waals surface area (Å²) < 4.78 is 0. The van der Waals surface area contributed by atoms with Crippen molar-refractivity contribution in [3.05, 3.63) is 12.2 Å². The summed E-state index contributed by atoms with van der Waals surface area (Å²) in [6, 6.07) is 0. The number of hydrogen-bond acceptors (Lipinski definition) is 2. The van der Waals surface area contributed by atoms with Gasteiger partial charge in [0.2, 0.25) is 0 Å². The van der Waals surface area contributed by atoms with Gasteiger partial charge in [0.15, 0.2) is 0 Å². The van der Waals surface area contributed by atoms with Crippen LogP contribution in [0.4, 0.5) is 0 Å². The van der Waals surface area contributed by atoms with Crippen LogP contribution >= 0.6 is 0 Å². The van der Waals surface area contributed by atoms with Crippen molar-refractivity contribution in [3.63, 3.8) is 0 Å². The first-order valence-corrected chi connectivity index (χ1v) is 7.94. The Morgan fingerprint density at radius 1 is 0.556 bits per heavy atom. The summed E-state index contributed by atoms with van der Waals surface area (Å²) in [5, 5.41) is 0. The Labute approximate surface area is 111 Å². The molecule has 0 aromatic heterocycles. The maximum atomic E-state index is 5.70. The molecule has 0 aromatic rings. The molecule has 0 N–H and O–H groups in total. The van der Waals surface area contributed by atoms with Crippen molar-refractivity contribution >= 4 is 0 Å². The maximum absolute atomic E-state index is 5.70. The molecule has 3 rings (SSSR count). The first-order chi connectivity index (χ1) is 8.93. The molecule has 2 atom stereocenters. The molecule has 0 unspecified atom stereocenters. The molecule has 0 bridgehead atoms. The third kappa shape index (κ3) is 2.97. The zero-order chi connectivity index (χ0) is 12.2. The van der Waals surface area contributed by atoms with Gasteiger partial charge in [0.05, 0.1) is 0 Å². The minimum atomic E-state index is 0.227. The van der Waals surface area contributed by atoms with Gasteiger partial charge in [0.1, 0.15) is 12.2 Å². The molecule has 2 nitrogen and oxygen atoms in total. The fourth-order valence-electron chi connectivity index (χ4n) is 3.81. The largest absolute Gasteiger partial charge is 0.228 e. The summed E-state index contributed by atoms with van der Waals surface area (Å²) in [6.07, 6.45) is 18.5. The fourth-order valence-corrected chi connectivity index (χ4v) is 3.81. The van der Waals surface area contributed by atoms with Crippen molar-refractivity contribution in [1.29, 1.82) is 0 Å². The third-order valence-electron chi connectivity index (χ3n) is 5.00. The van der Waals surface area contributed by atoms with Crippen LogP contribution in [-0.2, 0) is 9.78 Å². The van der Waals surface area contributed by atoms with Gasteiger partial charge in [-0.15, -0.1) is 0 Å². The van der Waals surface area contributed by atoms with Crippen LogP contribution < -0.4 is 0 Å². The molecule has 102 valence electrons. The van der Waals surface area contributed by atoms with Gasteiger partial charge in [-0.3, -0.25) is 0 Å². The van der Waals surface area contributed by atoms with Gasteiger partial charge in [-0.1, -0.05) is 50.7 Å². The lowest BCUT2D eigenvalue weighted by molar-refractivity contribution is -0.356. The second kappa shape index (κ2) is 6.21. The van der Waals surface area contributed by atoms with E-state index in [0.29, 0.717) is 11.8 Å². The first kappa shape index (κ1) is 12.7. The standard InChI is InChI=1S/C16H26O2/c1-3-7-13(8-4-1)15-11-12-16(18-17-15)14-9-5-2-6-10-14/h11-16H,1-10H2/t15-,16+. The molecule has 0 aromatic carbocycles. The SMILES string of the molecule is C1=C[C@H](C2CCCCC2)OO[C@@H]1C1CCCCC1. The van der Waals surface area contributed by atoms with E-state index in [0.717, 1.165) is 0 Å². The molecule has 1 aliphatic heterocycles. The minimum absolute atomic E-state index is 0.227.